The lowest BCUT2D eigenvalue weighted by Crippen LogP contribution is -2.03. The van der Waals surface area contributed by atoms with Gasteiger partial charge in [0.05, 0.1) is 21.9 Å². The van der Waals surface area contributed by atoms with E-state index in [2.05, 4.69) is 9.97 Å². The molecule has 0 radical (unpaired) electrons. The summed E-state index contributed by atoms with van der Waals surface area (Å²) in [5, 5.41) is 2.49. The first-order chi connectivity index (χ1) is 6.27. The van der Waals surface area contributed by atoms with E-state index in [1.54, 1.807) is 6.07 Å². The van der Waals surface area contributed by atoms with Gasteiger partial charge in [0, 0.05) is 6.07 Å². The molecule has 1 N–H and O–H groups in total. The first-order valence-electron chi connectivity index (χ1n) is 3.55. The largest absolute Gasteiger partial charge is 0.313 e. The van der Waals surface area contributed by atoms with Crippen LogP contribution < -0.4 is 5.56 Å². The van der Waals surface area contributed by atoms with E-state index in [0.717, 1.165) is 4.88 Å². The summed E-state index contributed by atoms with van der Waals surface area (Å²) in [5.74, 6) is 0. The topological polar surface area (TPSA) is 45.8 Å². The van der Waals surface area contributed by atoms with Crippen molar-refractivity contribution in [2.45, 2.75) is 0 Å². The molecule has 13 heavy (non-hydrogen) atoms. The van der Waals surface area contributed by atoms with Gasteiger partial charge < -0.3 is 4.98 Å². The predicted octanol–water partition coefficient (Wildman–Crippen LogP) is 2.15. The standard InChI is InChI=1S/C8H5ClN2OS/c9-5-1-2-13-8(5)6-3-7(12)11-4-10-6/h1-4H,(H,10,11,12). The quantitative estimate of drug-likeness (QED) is 0.788. The Bertz CT molecular complexity index is 477. The van der Waals surface area contributed by atoms with Crippen LogP contribution in [0.15, 0.2) is 28.6 Å². The Kier molecular flexibility index (Phi) is 2.16. The number of H-pyrrole nitrogens is 1. The van der Waals surface area contributed by atoms with Crippen LogP contribution >= 0.6 is 22.9 Å². The highest BCUT2D eigenvalue weighted by Gasteiger charge is 2.05. The summed E-state index contributed by atoms with van der Waals surface area (Å²) in [5.41, 5.74) is 0.443. The van der Waals surface area contributed by atoms with Crippen LogP contribution in [-0.4, -0.2) is 9.97 Å². The van der Waals surface area contributed by atoms with E-state index in [-0.39, 0.29) is 5.56 Å². The highest BCUT2D eigenvalue weighted by Crippen LogP contribution is 2.30. The smallest absolute Gasteiger partial charge is 0.251 e. The molecule has 0 saturated heterocycles. The van der Waals surface area contributed by atoms with Crippen LogP contribution in [0.1, 0.15) is 0 Å². The molecule has 5 heteroatoms. The zero-order valence-corrected chi connectivity index (χ0v) is 8.02. The molecule has 0 unspecified atom stereocenters. The summed E-state index contributed by atoms with van der Waals surface area (Å²) in [7, 11) is 0. The van der Waals surface area contributed by atoms with Crippen molar-refractivity contribution in [3.63, 3.8) is 0 Å². The van der Waals surface area contributed by atoms with Crippen molar-refractivity contribution < 1.29 is 0 Å². The van der Waals surface area contributed by atoms with E-state index in [0.29, 0.717) is 10.7 Å². The van der Waals surface area contributed by atoms with E-state index >= 15 is 0 Å². The monoisotopic (exact) mass is 212 g/mol. The van der Waals surface area contributed by atoms with Crippen LogP contribution in [0.2, 0.25) is 5.02 Å². The highest BCUT2D eigenvalue weighted by atomic mass is 35.5. The molecule has 0 amide bonds. The Labute approximate surface area is 83.0 Å². The zero-order chi connectivity index (χ0) is 9.26. The fraction of sp³-hybridized carbons (Fsp3) is 0. The summed E-state index contributed by atoms with van der Waals surface area (Å²) in [6.07, 6.45) is 1.37. The lowest BCUT2D eigenvalue weighted by Gasteiger charge is -1.94. The zero-order valence-electron chi connectivity index (χ0n) is 6.45. The minimum Gasteiger partial charge on any atom is -0.313 e. The fourth-order valence-corrected chi connectivity index (χ4v) is 2.09. The van der Waals surface area contributed by atoms with Crippen molar-refractivity contribution >= 4 is 22.9 Å². The van der Waals surface area contributed by atoms with Gasteiger partial charge in [-0.1, -0.05) is 11.6 Å². The second-order valence-corrected chi connectivity index (χ2v) is 3.72. The van der Waals surface area contributed by atoms with Gasteiger partial charge in [-0.05, 0) is 11.4 Å². The third kappa shape index (κ3) is 1.64. The van der Waals surface area contributed by atoms with Crippen molar-refractivity contribution in [2.24, 2.45) is 0 Å². The van der Waals surface area contributed by atoms with Crippen LogP contribution in [-0.2, 0) is 0 Å². The summed E-state index contributed by atoms with van der Waals surface area (Å²) in [4.78, 5) is 18.3. The molecule has 3 nitrogen and oxygen atoms in total. The minimum absolute atomic E-state index is 0.172. The highest BCUT2D eigenvalue weighted by molar-refractivity contribution is 7.14. The number of hydrogen-bond acceptors (Lipinski definition) is 3. The molecule has 2 rings (SSSR count). The number of nitrogens with one attached hydrogen (secondary N) is 1. The first-order valence-corrected chi connectivity index (χ1v) is 4.81. The first kappa shape index (κ1) is 8.47. The maximum absolute atomic E-state index is 11.0. The van der Waals surface area contributed by atoms with E-state index < -0.39 is 0 Å². The maximum Gasteiger partial charge on any atom is 0.251 e. The average molecular weight is 213 g/mol. The summed E-state index contributed by atoms with van der Waals surface area (Å²) < 4.78 is 0. The lowest BCUT2D eigenvalue weighted by atomic mass is 10.3. The Morgan fingerprint density at radius 1 is 1.54 bits per heavy atom. The number of rotatable bonds is 1. The van der Waals surface area contributed by atoms with Gasteiger partial charge in [-0.2, -0.15) is 0 Å². The van der Waals surface area contributed by atoms with Gasteiger partial charge in [-0.3, -0.25) is 4.79 Å². The third-order valence-electron chi connectivity index (χ3n) is 1.53. The third-order valence-corrected chi connectivity index (χ3v) is 2.89. The van der Waals surface area contributed by atoms with Crippen molar-refractivity contribution in [3.8, 4) is 10.6 Å². The molecule has 0 aromatic carbocycles. The molecule has 2 heterocycles. The molecule has 0 bridgehead atoms. The molecule has 0 saturated carbocycles. The molecular formula is C8H5ClN2OS. The molecule has 0 aliphatic carbocycles. The summed E-state index contributed by atoms with van der Waals surface area (Å²) in [6, 6.07) is 3.21. The molecule has 0 aliphatic heterocycles. The van der Waals surface area contributed by atoms with Crippen LogP contribution in [0, 0.1) is 0 Å². The van der Waals surface area contributed by atoms with Gasteiger partial charge in [0.2, 0.25) is 0 Å². The van der Waals surface area contributed by atoms with E-state index in [4.69, 9.17) is 11.6 Å². The molecule has 0 fully saturated rings. The Morgan fingerprint density at radius 3 is 3.00 bits per heavy atom. The van der Waals surface area contributed by atoms with Gasteiger partial charge in [0.15, 0.2) is 0 Å². The van der Waals surface area contributed by atoms with Crippen LogP contribution in [0.5, 0.6) is 0 Å². The van der Waals surface area contributed by atoms with Gasteiger partial charge in [0.25, 0.3) is 5.56 Å². The summed E-state index contributed by atoms with van der Waals surface area (Å²) >= 11 is 7.35. The van der Waals surface area contributed by atoms with E-state index in [1.165, 1.54) is 23.7 Å². The van der Waals surface area contributed by atoms with Gasteiger partial charge >= 0.3 is 0 Å². The summed E-state index contributed by atoms with van der Waals surface area (Å²) in [6.45, 7) is 0. The Morgan fingerprint density at radius 2 is 2.38 bits per heavy atom. The average Bonchev–Trinajstić information content (AvgIpc) is 2.51. The van der Waals surface area contributed by atoms with Crippen LogP contribution in [0.4, 0.5) is 0 Å². The SMILES string of the molecule is O=c1cc(-c2sccc2Cl)nc[nH]1. The second-order valence-electron chi connectivity index (χ2n) is 2.39. The molecule has 0 spiro atoms. The number of aromatic nitrogens is 2. The predicted molar refractivity (Wildman–Crippen MR) is 53.2 cm³/mol. The van der Waals surface area contributed by atoms with E-state index in [9.17, 15) is 4.79 Å². The number of aromatic amines is 1. The van der Waals surface area contributed by atoms with Gasteiger partial charge in [-0.25, -0.2) is 4.98 Å². The molecule has 0 atom stereocenters. The molecular weight excluding hydrogens is 208 g/mol. The number of nitrogens with zero attached hydrogens (tertiary/aromatic N) is 1. The number of hydrogen-bond donors (Lipinski definition) is 1. The second kappa shape index (κ2) is 3.32. The van der Waals surface area contributed by atoms with Crippen LogP contribution in [0.25, 0.3) is 10.6 Å². The van der Waals surface area contributed by atoms with Gasteiger partial charge in [-0.15, -0.1) is 11.3 Å². The molecule has 0 aliphatic rings. The lowest BCUT2D eigenvalue weighted by molar-refractivity contribution is 1.13. The van der Waals surface area contributed by atoms with Crippen LogP contribution in [0.3, 0.4) is 0 Å². The minimum atomic E-state index is -0.172. The Balaban J connectivity index is 2.59. The fourth-order valence-electron chi connectivity index (χ4n) is 0.969. The van der Waals surface area contributed by atoms with Crippen molar-refractivity contribution in [1.82, 2.24) is 9.97 Å². The van der Waals surface area contributed by atoms with Crippen molar-refractivity contribution in [3.05, 3.63) is 39.2 Å². The van der Waals surface area contributed by atoms with Gasteiger partial charge in [0.1, 0.15) is 0 Å². The Hall–Kier alpha value is -1.13. The van der Waals surface area contributed by atoms with Crippen molar-refractivity contribution in [2.75, 3.05) is 0 Å². The maximum atomic E-state index is 11.0. The molecule has 2 aromatic heterocycles. The van der Waals surface area contributed by atoms with Crippen molar-refractivity contribution in [1.29, 1.82) is 0 Å². The number of halogens is 1. The molecule has 2 aromatic rings. The number of thiophene rings is 1. The van der Waals surface area contributed by atoms with E-state index in [1.807, 2.05) is 5.38 Å². The molecule has 66 valence electrons. The normalized spacial score (nSPS) is 10.2.